The first kappa shape index (κ1) is 22.3. The summed E-state index contributed by atoms with van der Waals surface area (Å²) in [6.45, 7) is 1.38. The van der Waals surface area contributed by atoms with E-state index in [1.54, 1.807) is 11.9 Å². The van der Waals surface area contributed by atoms with Crippen LogP contribution < -0.4 is 27.0 Å². The predicted octanol–water partition coefficient (Wildman–Crippen LogP) is -0.530. The van der Waals surface area contributed by atoms with Gasteiger partial charge in [0.2, 0.25) is 0 Å². The summed E-state index contributed by atoms with van der Waals surface area (Å²) < 4.78 is 4.99. The molecule has 0 spiro atoms. The lowest BCUT2D eigenvalue weighted by atomic mass is 10.0. The molecule has 0 bridgehead atoms. The van der Waals surface area contributed by atoms with Crippen LogP contribution in [-0.2, 0) is 9.53 Å². The number of hydrogen-bond donors (Lipinski definition) is 5. The molecule has 27 heavy (non-hydrogen) atoms. The van der Waals surface area contributed by atoms with Gasteiger partial charge in [0.05, 0.1) is 0 Å². The normalized spacial score (nSPS) is 15.4. The maximum atomic E-state index is 12.7. The second kappa shape index (κ2) is 11.8. The molecule has 1 atom stereocenters. The van der Waals surface area contributed by atoms with Gasteiger partial charge < -0.3 is 36.6 Å². The maximum absolute atomic E-state index is 12.7. The zero-order chi connectivity index (χ0) is 20.2. The van der Waals surface area contributed by atoms with Crippen LogP contribution in [0.5, 0.6) is 0 Å². The topological polar surface area (TPSA) is 155 Å². The van der Waals surface area contributed by atoms with Gasteiger partial charge in [0, 0.05) is 39.8 Å². The summed E-state index contributed by atoms with van der Waals surface area (Å²) in [5.74, 6) is -0.286. The molecule has 0 aromatic rings. The van der Waals surface area contributed by atoms with Crippen LogP contribution in [-0.4, -0.2) is 74.8 Å². The van der Waals surface area contributed by atoms with Crippen molar-refractivity contribution in [3.63, 3.8) is 0 Å². The Morgan fingerprint density at radius 3 is 2.26 bits per heavy atom. The number of ether oxygens (including phenoxy) is 1. The Morgan fingerprint density at radius 1 is 1.07 bits per heavy atom. The highest BCUT2D eigenvalue weighted by atomic mass is 16.6. The van der Waals surface area contributed by atoms with Gasteiger partial charge in [-0.25, -0.2) is 14.4 Å². The van der Waals surface area contributed by atoms with Crippen molar-refractivity contribution in [3.05, 3.63) is 0 Å². The summed E-state index contributed by atoms with van der Waals surface area (Å²) in [4.78, 5) is 47.8. The fourth-order valence-electron chi connectivity index (χ4n) is 2.82. The molecule has 1 aliphatic rings. The number of piperidine rings is 1. The molecule has 1 heterocycles. The monoisotopic (exact) mass is 386 g/mol. The van der Waals surface area contributed by atoms with Gasteiger partial charge in [-0.2, -0.15) is 0 Å². The van der Waals surface area contributed by atoms with Gasteiger partial charge in [-0.05, 0) is 32.1 Å². The van der Waals surface area contributed by atoms with Gasteiger partial charge in [-0.15, -0.1) is 0 Å². The van der Waals surface area contributed by atoms with Crippen LogP contribution in [0.4, 0.5) is 14.4 Å². The van der Waals surface area contributed by atoms with Crippen molar-refractivity contribution in [3.8, 4) is 0 Å². The number of carbonyl (C=O) groups is 4. The number of amides is 6. The molecular weight excluding hydrogens is 356 g/mol. The minimum Gasteiger partial charge on any atom is -0.436 e. The largest absolute Gasteiger partial charge is 0.436 e. The van der Waals surface area contributed by atoms with Crippen molar-refractivity contribution in [2.45, 2.75) is 44.2 Å². The molecule has 11 nitrogen and oxygen atoms in total. The van der Waals surface area contributed by atoms with Crippen LogP contribution in [0.15, 0.2) is 0 Å². The Balaban J connectivity index is 2.44. The highest BCUT2D eigenvalue weighted by Gasteiger charge is 2.30. The van der Waals surface area contributed by atoms with Gasteiger partial charge in [-0.1, -0.05) is 0 Å². The average molecular weight is 386 g/mol. The Morgan fingerprint density at radius 2 is 1.70 bits per heavy atom. The second-order valence-electron chi connectivity index (χ2n) is 6.25. The molecule has 0 aromatic heterocycles. The second-order valence-corrected chi connectivity index (χ2v) is 6.25. The minimum atomic E-state index is -0.993. The van der Waals surface area contributed by atoms with Crippen molar-refractivity contribution in [1.82, 2.24) is 26.2 Å². The summed E-state index contributed by atoms with van der Waals surface area (Å²) in [5.41, 5.74) is 5.09. The highest BCUT2D eigenvalue weighted by molar-refractivity contribution is 5.83. The van der Waals surface area contributed by atoms with E-state index in [1.807, 2.05) is 0 Å². The van der Waals surface area contributed by atoms with Crippen LogP contribution in [0.2, 0.25) is 0 Å². The van der Waals surface area contributed by atoms with Crippen LogP contribution >= 0.6 is 0 Å². The number of rotatable bonds is 8. The van der Waals surface area contributed by atoms with Crippen LogP contribution in [0.1, 0.15) is 32.1 Å². The number of likely N-dealkylation sites (tertiary alicyclic amines) is 1. The van der Waals surface area contributed by atoms with E-state index in [1.165, 1.54) is 7.05 Å². The lowest BCUT2D eigenvalue weighted by Gasteiger charge is -2.34. The number of nitrogens with two attached hydrogens (primary N) is 1. The Bertz CT molecular complexity index is 521. The van der Waals surface area contributed by atoms with Gasteiger partial charge in [0.25, 0.3) is 5.91 Å². The number of nitrogens with one attached hydrogen (secondary N) is 4. The fraction of sp³-hybridized carbons (Fsp3) is 0.750. The first-order valence-electron chi connectivity index (χ1n) is 9.06. The standard InChI is InChI=1S/C16H30N6O5/c1-18-15(25)20-8-4-3-5-12(27-14(17)24)13(23)22-9-6-11(7-10-22)21-16(26)19-2/h11-12H,3-10H2,1-2H3,(H2,17,24)(H2,18,20,25)(H2,19,21,26). The number of primary amides is 1. The molecular formula is C16H30N6O5. The lowest BCUT2D eigenvalue weighted by molar-refractivity contribution is -0.141. The van der Waals surface area contributed by atoms with E-state index in [-0.39, 0.29) is 24.0 Å². The van der Waals surface area contributed by atoms with Gasteiger partial charge >= 0.3 is 18.2 Å². The van der Waals surface area contributed by atoms with E-state index in [0.29, 0.717) is 51.7 Å². The maximum Gasteiger partial charge on any atom is 0.405 e. The third kappa shape index (κ3) is 8.47. The number of carbonyl (C=O) groups excluding carboxylic acids is 4. The summed E-state index contributed by atoms with van der Waals surface area (Å²) in [6.07, 6.45) is 0.865. The zero-order valence-corrected chi connectivity index (χ0v) is 15.9. The van der Waals surface area contributed by atoms with Gasteiger partial charge in [-0.3, -0.25) is 4.79 Å². The van der Waals surface area contributed by atoms with Gasteiger partial charge in [0.1, 0.15) is 0 Å². The van der Waals surface area contributed by atoms with Crippen LogP contribution in [0.25, 0.3) is 0 Å². The van der Waals surface area contributed by atoms with Crippen molar-refractivity contribution in [1.29, 1.82) is 0 Å². The summed E-state index contributed by atoms with van der Waals surface area (Å²) in [6, 6.07) is -0.523. The van der Waals surface area contributed by atoms with E-state index in [9.17, 15) is 19.2 Å². The molecule has 1 saturated heterocycles. The first-order chi connectivity index (χ1) is 12.9. The molecule has 0 aromatic carbocycles. The third-order valence-electron chi connectivity index (χ3n) is 4.31. The number of urea groups is 2. The Hall–Kier alpha value is -2.72. The summed E-state index contributed by atoms with van der Waals surface area (Å²) in [5, 5.41) is 10.4. The van der Waals surface area contributed by atoms with E-state index in [0.717, 1.165) is 0 Å². The molecule has 0 saturated carbocycles. The molecule has 11 heteroatoms. The number of nitrogens with zero attached hydrogens (tertiary/aromatic N) is 1. The fourth-order valence-corrected chi connectivity index (χ4v) is 2.82. The average Bonchev–Trinajstić information content (AvgIpc) is 2.66. The molecule has 1 fully saturated rings. The van der Waals surface area contributed by atoms with Crippen molar-refractivity contribution in [2.75, 3.05) is 33.7 Å². The van der Waals surface area contributed by atoms with Crippen molar-refractivity contribution < 1.29 is 23.9 Å². The quantitative estimate of drug-likeness (QED) is 0.355. The van der Waals surface area contributed by atoms with E-state index in [2.05, 4.69) is 21.3 Å². The molecule has 154 valence electrons. The molecule has 6 amide bonds. The van der Waals surface area contributed by atoms with Gasteiger partial charge in [0.15, 0.2) is 6.10 Å². The number of hydrogen-bond acceptors (Lipinski definition) is 5. The molecule has 1 aliphatic heterocycles. The van der Waals surface area contributed by atoms with Crippen molar-refractivity contribution >= 4 is 24.1 Å². The van der Waals surface area contributed by atoms with E-state index in [4.69, 9.17) is 10.5 Å². The highest BCUT2D eigenvalue weighted by Crippen LogP contribution is 2.15. The third-order valence-corrected chi connectivity index (χ3v) is 4.31. The summed E-state index contributed by atoms with van der Waals surface area (Å²) in [7, 11) is 3.07. The van der Waals surface area contributed by atoms with E-state index >= 15 is 0 Å². The van der Waals surface area contributed by atoms with Crippen LogP contribution in [0, 0.1) is 0 Å². The van der Waals surface area contributed by atoms with E-state index < -0.39 is 12.2 Å². The Kier molecular flexibility index (Phi) is 9.76. The Labute approximate surface area is 158 Å². The first-order valence-corrected chi connectivity index (χ1v) is 9.06. The smallest absolute Gasteiger partial charge is 0.405 e. The SMILES string of the molecule is CNC(=O)NCCCCC(OC(N)=O)C(=O)N1CCC(NC(=O)NC)CC1. The minimum absolute atomic E-state index is 0.000273. The predicted molar refractivity (Wildman–Crippen MR) is 98.0 cm³/mol. The van der Waals surface area contributed by atoms with Crippen LogP contribution in [0.3, 0.4) is 0 Å². The summed E-state index contributed by atoms with van der Waals surface area (Å²) >= 11 is 0. The number of unbranched alkanes of at least 4 members (excludes halogenated alkanes) is 1. The van der Waals surface area contributed by atoms with Crippen molar-refractivity contribution in [2.24, 2.45) is 5.73 Å². The zero-order valence-electron chi connectivity index (χ0n) is 15.9. The lowest BCUT2D eigenvalue weighted by Crippen LogP contribution is -2.51. The molecule has 0 radical (unpaired) electrons. The molecule has 1 rings (SSSR count). The molecule has 1 unspecified atom stereocenters. The molecule has 6 N–H and O–H groups in total. The molecule has 0 aliphatic carbocycles.